The number of halogens is 5. The zero-order valence-corrected chi connectivity index (χ0v) is 13.6. The largest absolute Gasteiger partial charge is 0.465 e. The number of carbonyl (C=O) groups excluding carboxylic acids is 1. The average Bonchev–Trinajstić information content (AvgIpc) is 2.64. The van der Waals surface area contributed by atoms with Crippen molar-refractivity contribution in [1.29, 1.82) is 0 Å². The number of aromatic nitrogens is 1. The van der Waals surface area contributed by atoms with E-state index in [9.17, 15) is 26.7 Å². The van der Waals surface area contributed by atoms with Gasteiger partial charge in [0.25, 0.3) is 0 Å². The van der Waals surface area contributed by atoms with Crippen molar-refractivity contribution in [2.24, 2.45) is 0 Å². The molecule has 0 amide bonds. The molecule has 27 heavy (non-hydrogen) atoms. The van der Waals surface area contributed by atoms with Gasteiger partial charge in [-0.1, -0.05) is 0 Å². The first-order valence-corrected chi connectivity index (χ1v) is 7.42. The Kier molecular flexibility index (Phi) is 4.69. The van der Waals surface area contributed by atoms with Gasteiger partial charge in [-0.3, -0.25) is 4.98 Å². The standard InChI is InChI=1S/C18H10F5NO3/c1-26-17(25)9-6-12-15(20)13(19)7-14(16(12)24-8-9)27-11-4-2-10(3-5-11)18(21,22)23/h2-8H,1H3. The van der Waals surface area contributed by atoms with Crippen LogP contribution in [-0.4, -0.2) is 18.1 Å². The van der Waals surface area contributed by atoms with Crippen molar-refractivity contribution in [3.63, 3.8) is 0 Å². The summed E-state index contributed by atoms with van der Waals surface area (Å²) >= 11 is 0. The van der Waals surface area contributed by atoms with Crippen LogP contribution in [0.1, 0.15) is 15.9 Å². The van der Waals surface area contributed by atoms with Crippen LogP contribution in [0.2, 0.25) is 0 Å². The quantitative estimate of drug-likeness (QED) is 0.466. The predicted octanol–water partition coefficient (Wildman–Crippen LogP) is 5.11. The van der Waals surface area contributed by atoms with E-state index in [1.807, 2.05) is 0 Å². The van der Waals surface area contributed by atoms with Gasteiger partial charge in [-0.05, 0) is 30.3 Å². The highest BCUT2D eigenvalue weighted by Gasteiger charge is 2.30. The highest BCUT2D eigenvalue weighted by atomic mass is 19.4. The fourth-order valence-electron chi connectivity index (χ4n) is 2.35. The molecule has 0 aliphatic heterocycles. The monoisotopic (exact) mass is 383 g/mol. The molecule has 2 aromatic carbocycles. The molecule has 0 N–H and O–H groups in total. The summed E-state index contributed by atoms with van der Waals surface area (Å²) < 4.78 is 75.7. The minimum absolute atomic E-state index is 0.0332. The van der Waals surface area contributed by atoms with Crippen LogP contribution in [0.4, 0.5) is 22.0 Å². The number of methoxy groups -OCH3 is 1. The van der Waals surface area contributed by atoms with Gasteiger partial charge in [-0.25, -0.2) is 13.6 Å². The highest BCUT2D eigenvalue weighted by Crippen LogP contribution is 2.34. The fraction of sp³-hybridized carbons (Fsp3) is 0.111. The van der Waals surface area contributed by atoms with E-state index in [0.29, 0.717) is 0 Å². The number of pyridine rings is 1. The van der Waals surface area contributed by atoms with Crippen LogP contribution in [0.3, 0.4) is 0 Å². The van der Waals surface area contributed by atoms with Crippen molar-refractivity contribution in [3.05, 3.63) is 65.4 Å². The number of benzene rings is 2. The maximum Gasteiger partial charge on any atom is 0.416 e. The minimum Gasteiger partial charge on any atom is -0.465 e. The van der Waals surface area contributed by atoms with E-state index in [-0.39, 0.29) is 28.0 Å². The van der Waals surface area contributed by atoms with E-state index in [1.165, 1.54) is 0 Å². The Morgan fingerprint density at radius 2 is 1.74 bits per heavy atom. The van der Waals surface area contributed by atoms with Gasteiger partial charge in [0.2, 0.25) is 0 Å². The van der Waals surface area contributed by atoms with Crippen molar-refractivity contribution in [3.8, 4) is 11.5 Å². The highest BCUT2D eigenvalue weighted by molar-refractivity contribution is 5.95. The second-order valence-electron chi connectivity index (χ2n) is 5.41. The van der Waals surface area contributed by atoms with Gasteiger partial charge < -0.3 is 9.47 Å². The Labute approximate surface area is 149 Å². The Morgan fingerprint density at radius 3 is 2.33 bits per heavy atom. The van der Waals surface area contributed by atoms with Crippen molar-refractivity contribution in [2.45, 2.75) is 6.18 Å². The van der Waals surface area contributed by atoms with Gasteiger partial charge in [-0.2, -0.15) is 13.2 Å². The third-order valence-corrected chi connectivity index (χ3v) is 3.66. The molecule has 4 nitrogen and oxygen atoms in total. The number of ether oxygens (including phenoxy) is 2. The molecule has 0 bridgehead atoms. The van der Waals surface area contributed by atoms with Crippen molar-refractivity contribution in [1.82, 2.24) is 4.98 Å². The van der Waals surface area contributed by atoms with Crippen LogP contribution >= 0.6 is 0 Å². The molecule has 9 heteroatoms. The number of hydrogen-bond donors (Lipinski definition) is 0. The maximum atomic E-state index is 14.1. The zero-order chi connectivity index (χ0) is 19.8. The molecule has 0 atom stereocenters. The molecule has 0 aliphatic carbocycles. The summed E-state index contributed by atoms with van der Waals surface area (Å²) in [5.74, 6) is -3.57. The SMILES string of the molecule is COC(=O)c1cnc2c(Oc3ccc(C(F)(F)F)cc3)cc(F)c(F)c2c1. The molecular weight excluding hydrogens is 373 g/mol. The van der Waals surface area contributed by atoms with E-state index >= 15 is 0 Å². The molecular formula is C18H10F5NO3. The molecule has 0 spiro atoms. The summed E-state index contributed by atoms with van der Waals surface area (Å²) in [5.41, 5.74) is -1.10. The van der Waals surface area contributed by atoms with E-state index in [4.69, 9.17) is 4.74 Å². The molecule has 1 heterocycles. The summed E-state index contributed by atoms with van der Waals surface area (Å²) in [7, 11) is 1.12. The van der Waals surface area contributed by atoms with E-state index < -0.39 is 29.3 Å². The Bertz CT molecular complexity index is 1020. The first kappa shape index (κ1) is 18.6. The normalized spacial score (nSPS) is 11.5. The molecule has 140 valence electrons. The summed E-state index contributed by atoms with van der Waals surface area (Å²) in [5, 5.41) is -0.334. The Hall–Kier alpha value is -3.23. The van der Waals surface area contributed by atoms with Crippen LogP contribution < -0.4 is 4.74 Å². The summed E-state index contributed by atoms with van der Waals surface area (Å²) in [6.07, 6.45) is -3.43. The predicted molar refractivity (Wildman–Crippen MR) is 84.5 cm³/mol. The van der Waals surface area contributed by atoms with Gasteiger partial charge in [0.05, 0.1) is 18.2 Å². The van der Waals surface area contributed by atoms with Crippen LogP contribution in [0, 0.1) is 11.6 Å². The summed E-state index contributed by atoms with van der Waals surface area (Å²) in [6, 6.07) is 5.43. The number of rotatable bonds is 3. The van der Waals surface area contributed by atoms with Crippen LogP contribution in [0.5, 0.6) is 11.5 Å². The molecule has 0 saturated carbocycles. The van der Waals surface area contributed by atoms with E-state index in [1.54, 1.807) is 0 Å². The van der Waals surface area contributed by atoms with Gasteiger partial charge >= 0.3 is 12.1 Å². The van der Waals surface area contributed by atoms with Crippen LogP contribution in [0.15, 0.2) is 42.6 Å². The second kappa shape index (κ2) is 6.82. The van der Waals surface area contributed by atoms with Crippen LogP contribution in [-0.2, 0) is 10.9 Å². The molecule has 0 unspecified atom stereocenters. The number of alkyl halides is 3. The Morgan fingerprint density at radius 1 is 1.07 bits per heavy atom. The smallest absolute Gasteiger partial charge is 0.416 e. The second-order valence-corrected chi connectivity index (χ2v) is 5.41. The Balaban J connectivity index is 2.04. The number of esters is 1. The fourth-order valence-corrected chi connectivity index (χ4v) is 2.35. The lowest BCUT2D eigenvalue weighted by atomic mass is 10.1. The molecule has 0 aliphatic rings. The molecule has 0 saturated heterocycles. The number of carbonyl (C=O) groups is 1. The summed E-state index contributed by atoms with van der Waals surface area (Å²) in [4.78, 5) is 15.4. The van der Waals surface area contributed by atoms with Crippen molar-refractivity contribution >= 4 is 16.9 Å². The number of fused-ring (bicyclic) bond motifs is 1. The van der Waals surface area contributed by atoms with E-state index in [2.05, 4.69) is 9.72 Å². The van der Waals surface area contributed by atoms with E-state index in [0.717, 1.165) is 49.7 Å². The first-order valence-electron chi connectivity index (χ1n) is 7.42. The van der Waals surface area contributed by atoms with Gasteiger partial charge in [0.15, 0.2) is 17.4 Å². The number of nitrogens with zero attached hydrogens (tertiary/aromatic N) is 1. The molecule has 0 radical (unpaired) electrons. The maximum absolute atomic E-state index is 14.1. The lowest BCUT2D eigenvalue weighted by Gasteiger charge is -2.12. The topological polar surface area (TPSA) is 48.4 Å². The third kappa shape index (κ3) is 3.67. The van der Waals surface area contributed by atoms with Crippen molar-refractivity contribution in [2.75, 3.05) is 7.11 Å². The molecule has 3 aromatic rings. The molecule has 1 aromatic heterocycles. The average molecular weight is 383 g/mol. The zero-order valence-electron chi connectivity index (χ0n) is 13.6. The van der Waals surface area contributed by atoms with Crippen molar-refractivity contribution < 1.29 is 36.2 Å². The number of hydrogen-bond acceptors (Lipinski definition) is 4. The lowest BCUT2D eigenvalue weighted by molar-refractivity contribution is -0.137. The summed E-state index contributed by atoms with van der Waals surface area (Å²) in [6.45, 7) is 0. The van der Waals surface area contributed by atoms with Gasteiger partial charge in [0, 0.05) is 17.6 Å². The first-order chi connectivity index (χ1) is 12.7. The minimum atomic E-state index is -4.51. The van der Waals surface area contributed by atoms with Gasteiger partial charge in [-0.15, -0.1) is 0 Å². The van der Waals surface area contributed by atoms with Gasteiger partial charge in [0.1, 0.15) is 11.3 Å². The third-order valence-electron chi connectivity index (χ3n) is 3.66. The van der Waals surface area contributed by atoms with Crippen LogP contribution in [0.25, 0.3) is 10.9 Å². The molecule has 0 fully saturated rings. The molecule has 3 rings (SSSR count). The lowest BCUT2D eigenvalue weighted by Crippen LogP contribution is -2.04.